The number of nitrogens with two attached hydrogens (primary N) is 1. The van der Waals surface area contributed by atoms with Crippen LogP contribution >= 0.6 is 15.9 Å². The molecule has 70 valence electrons. The van der Waals surface area contributed by atoms with E-state index in [1.54, 1.807) is 7.11 Å². The smallest absolute Gasteiger partial charge is 0.133 e. The van der Waals surface area contributed by atoms with Crippen LogP contribution in [-0.2, 0) is 0 Å². The molecule has 1 fully saturated rings. The molecule has 0 radical (unpaired) electrons. The summed E-state index contributed by atoms with van der Waals surface area (Å²) in [5.41, 5.74) is 7.08. The zero-order valence-electron chi connectivity index (χ0n) is 7.46. The Labute approximate surface area is 86.2 Å². The third kappa shape index (κ3) is 1.71. The van der Waals surface area contributed by atoms with E-state index in [4.69, 9.17) is 10.5 Å². The van der Waals surface area contributed by atoms with Gasteiger partial charge in [-0.05, 0) is 40.0 Å². The van der Waals surface area contributed by atoms with Crippen LogP contribution in [0, 0.1) is 0 Å². The summed E-state index contributed by atoms with van der Waals surface area (Å²) in [6.45, 7) is 0. The Hall–Kier alpha value is -0.540. The minimum absolute atomic E-state index is 0.361. The fourth-order valence-electron chi connectivity index (χ4n) is 1.51. The number of methoxy groups -OCH3 is 1. The zero-order chi connectivity index (χ0) is 9.42. The molecule has 3 heteroatoms. The van der Waals surface area contributed by atoms with Crippen LogP contribution < -0.4 is 10.5 Å². The lowest BCUT2D eigenvalue weighted by Gasteiger charge is -2.05. The largest absolute Gasteiger partial charge is 0.496 e. The highest BCUT2D eigenvalue weighted by Crippen LogP contribution is 2.41. The third-order valence-electron chi connectivity index (χ3n) is 2.44. The monoisotopic (exact) mass is 241 g/mol. The van der Waals surface area contributed by atoms with Crippen molar-refractivity contribution in [3.63, 3.8) is 0 Å². The number of rotatable bonds is 2. The van der Waals surface area contributed by atoms with Gasteiger partial charge in [0.2, 0.25) is 0 Å². The second-order valence-electron chi connectivity index (χ2n) is 3.40. The van der Waals surface area contributed by atoms with Crippen LogP contribution in [0.3, 0.4) is 0 Å². The van der Waals surface area contributed by atoms with Crippen molar-refractivity contribution in [3.05, 3.63) is 28.2 Å². The molecular formula is C10H12BrNO. The molecule has 2 rings (SSSR count). The lowest BCUT2D eigenvalue weighted by molar-refractivity contribution is 0.412. The van der Waals surface area contributed by atoms with Gasteiger partial charge in [-0.25, -0.2) is 0 Å². The number of ether oxygens (including phenoxy) is 1. The molecule has 1 saturated carbocycles. The molecule has 1 aromatic rings. The average molecular weight is 242 g/mol. The molecule has 0 saturated heterocycles. The molecule has 0 spiro atoms. The molecule has 13 heavy (non-hydrogen) atoms. The van der Waals surface area contributed by atoms with Gasteiger partial charge < -0.3 is 10.5 Å². The highest BCUT2D eigenvalue weighted by molar-refractivity contribution is 9.10. The van der Waals surface area contributed by atoms with E-state index >= 15 is 0 Å². The van der Waals surface area contributed by atoms with Gasteiger partial charge in [-0.15, -0.1) is 0 Å². The van der Waals surface area contributed by atoms with Gasteiger partial charge in [-0.1, -0.05) is 6.07 Å². The van der Waals surface area contributed by atoms with E-state index in [0.717, 1.165) is 16.6 Å². The summed E-state index contributed by atoms with van der Waals surface area (Å²) < 4.78 is 6.15. The molecule has 0 aromatic heterocycles. The Kier molecular flexibility index (Phi) is 2.30. The van der Waals surface area contributed by atoms with Gasteiger partial charge in [0.1, 0.15) is 5.75 Å². The van der Waals surface area contributed by atoms with Gasteiger partial charge in [-0.2, -0.15) is 0 Å². The minimum atomic E-state index is 0.361. The van der Waals surface area contributed by atoms with Crippen LogP contribution in [0.25, 0.3) is 0 Å². The molecule has 1 aromatic carbocycles. The van der Waals surface area contributed by atoms with Crippen molar-refractivity contribution >= 4 is 15.9 Å². The highest BCUT2D eigenvalue weighted by atomic mass is 79.9. The van der Waals surface area contributed by atoms with Crippen LogP contribution in [-0.4, -0.2) is 13.2 Å². The van der Waals surface area contributed by atoms with Crippen molar-refractivity contribution in [2.24, 2.45) is 5.73 Å². The Balaban J connectivity index is 2.25. The molecule has 1 aliphatic carbocycles. The fourth-order valence-corrected chi connectivity index (χ4v) is 2.07. The van der Waals surface area contributed by atoms with Crippen molar-refractivity contribution in [2.75, 3.05) is 7.11 Å². The second kappa shape index (κ2) is 3.31. The van der Waals surface area contributed by atoms with E-state index in [9.17, 15) is 0 Å². The fraction of sp³-hybridized carbons (Fsp3) is 0.400. The van der Waals surface area contributed by atoms with Crippen molar-refractivity contribution in [1.82, 2.24) is 0 Å². The summed E-state index contributed by atoms with van der Waals surface area (Å²) in [7, 11) is 1.67. The van der Waals surface area contributed by atoms with Crippen molar-refractivity contribution in [1.29, 1.82) is 0 Å². The first-order valence-corrected chi connectivity index (χ1v) is 5.10. The maximum absolute atomic E-state index is 5.77. The minimum Gasteiger partial charge on any atom is -0.496 e. The molecule has 2 nitrogen and oxygen atoms in total. The summed E-state index contributed by atoms with van der Waals surface area (Å²) in [4.78, 5) is 0. The maximum atomic E-state index is 5.77. The maximum Gasteiger partial charge on any atom is 0.133 e. The molecule has 2 atom stereocenters. The normalized spacial score (nSPS) is 25.8. The van der Waals surface area contributed by atoms with Gasteiger partial charge in [0, 0.05) is 12.0 Å². The predicted octanol–water partition coefficient (Wildman–Crippen LogP) is 2.27. The number of halogens is 1. The number of hydrogen-bond donors (Lipinski definition) is 1. The number of benzene rings is 1. The molecule has 1 aliphatic rings. The van der Waals surface area contributed by atoms with Crippen molar-refractivity contribution in [3.8, 4) is 5.75 Å². The standard InChI is InChI=1S/C10H12BrNO/c1-13-10-3-2-6(4-8(10)11)7-5-9(7)12/h2-4,7,9H,5,12H2,1H3. The Morgan fingerprint density at radius 3 is 2.69 bits per heavy atom. The van der Waals surface area contributed by atoms with E-state index in [1.165, 1.54) is 5.56 Å². The SMILES string of the molecule is COc1ccc(C2CC2N)cc1Br. The molecular weight excluding hydrogens is 230 g/mol. The highest BCUT2D eigenvalue weighted by Gasteiger charge is 2.34. The Morgan fingerprint density at radius 1 is 1.54 bits per heavy atom. The summed E-state index contributed by atoms with van der Waals surface area (Å²) in [5, 5.41) is 0. The van der Waals surface area contributed by atoms with Crippen molar-refractivity contribution in [2.45, 2.75) is 18.4 Å². The molecule has 2 unspecified atom stereocenters. The summed E-state index contributed by atoms with van der Waals surface area (Å²) in [6, 6.07) is 6.52. The van der Waals surface area contributed by atoms with Gasteiger partial charge >= 0.3 is 0 Å². The number of hydrogen-bond acceptors (Lipinski definition) is 2. The first kappa shape index (κ1) is 9.03. The second-order valence-corrected chi connectivity index (χ2v) is 4.25. The third-order valence-corrected chi connectivity index (χ3v) is 3.06. The van der Waals surface area contributed by atoms with Crippen LogP contribution in [0.15, 0.2) is 22.7 Å². The van der Waals surface area contributed by atoms with E-state index in [2.05, 4.69) is 28.1 Å². The lowest BCUT2D eigenvalue weighted by Crippen LogP contribution is -2.00. The molecule has 0 heterocycles. The van der Waals surface area contributed by atoms with E-state index in [1.807, 2.05) is 6.07 Å². The van der Waals surface area contributed by atoms with E-state index in [-0.39, 0.29) is 0 Å². The van der Waals surface area contributed by atoms with Crippen LogP contribution in [0.1, 0.15) is 17.9 Å². The summed E-state index contributed by atoms with van der Waals surface area (Å²) >= 11 is 3.46. The quantitative estimate of drug-likeness (QED) is 0.863. The van der Waals surface area contributed by atoms with Crippen LogP contribution in [0.2, 0.25) is 0 Å². The van der Waals surface area contributed by atoms with E-state index in [0.29, 0.717) is 12.0 Å². The molecule has 0 bridgehead atoms. The Bertz CT molecular complexity index is 327. The van der Waals surface area contributed by atoms with Gasteiger partial charge in [0.05, 0.1) is 11.6 Å². The average Bonchev–Trinajstić information content (AvgIpc) is 2.82. The van der Waals surface area contributed by atoms with Gasteiger partial charge in [0.25, 0.3) is 0 Å². The lowest BCUT2D eigenvalue weighted by atomic mass is 10.1. The van der Waals surface area contributed by atoms with Gasteiger partial charge in [-0.3, -0.25) is 0 Å². The van der Waals surface area contributed by atoms with E-state index < -0.39 is 0 Å². The summed E-state index contributed by atoms with van der Waals surface area (Å²) in [6.07, 6.45) is 1.11. The first-order chi connectivity index (χ1) is 6.22. The van der Waals surface area contributed by atoms with Crippen LogP contribution in [0.5, 0.6) is 5.75 Å². The van der Waals surface area contributed by atoms with Crippen molar-refractivity contribution < 1.29 is 4.74 Å². The molecule has 2 N–H and O–H groups in total. The zero-order valence-corrected chi connectivity index (χ0v) is 9.04. The van der Waals surface area contributed by atoms with Gasteiger partial charge in [0.15, 0.2) is 0 Å². The molecule has 0 amide bonds. The Morgan fingerprint density at radius 2 is 2.23 bits per heavy atom. The topological polar surface area (TPSA) is 35.2 Å². The first-order valence-electron chi connectivity index (χ1n) is 4.31. The predicted molar refractivity (Wildman–Crippen MR) is 56.0 cm³/mol. The van der Waals surface area contributed by atoms with Crippen LogP contribution in [0.4, 0.5) is 0 Å². The summed E-state index contributed by atoms with van der Waals surface area (Å²) in [5.74, 6) is 1.43. The molecule has 0 aliphatic heterocycles.